The first kappa shape index (κ1) is 11.4. The lowest BCUT2D eigenvalue weighted by Crippen LogP contribution is -2.14. The van der Waals surface area contributed by atoms with Crippen LogP contribution >= 0.6 is 11.8 Å². The summed E-state index contributed by atoms with van der Waals surface area (Å²) in [5.41, 5.74) is 3.30. The Hall–Kier alpha value is -1.68. The average molecular weight is 258 g/mol. The minimum absolute atomic E-state index is 0.162. The van der Waals surface area contributed by atoms with Gasteiger partial charge in [-0.05, 0) is 30.4 Å². The Kier molecular flexibility index (Phi) is 2.67. The molecule has 0 saturated heterocycles. The van der Waals surface area contributed by atoms with E-state index in [1.165, 1.54) is 10.6 Å². The number of hydrogen-bond acceptors (Lipinski definition) is 4. The molecule has 3 rings (SSSR count). The number of carbonyl (C=O) groups excluding carboxylic acids is 1. The third kappa shape index (κ3) is 1.93. The van der Waals surface area contributed by atoms with E-state index in [0.29, 0.717) is 6.42 Å². The number of nitrogens with one attached hydrogen (secondary N) is 1. The molecule has 0 saturated carbocycles. The van der Waals surface area contributed by atoms with E-state index in [2.05, 4.69) is 28.4 Å². The van der Waals surface area contributed by atoms with Crippen molar-refractivity contribution in [3.8, 4) is 0 Å². The molecule has 1 aliphatic heterocycles. The summed E-state index contributed by atoms with van der Waals surface area (Å²) in [5, 5.41) is 3.36. The van der Waals surface area contributed by atoms with Gasteiger partial charge in [0.1, 0.15) is 0 Å². The lowest BCUT2D eigenvalue weighted by Gasteiger charge is -2.25. The maximum atomic E-state index is 11.4. The molecule has 0 amide bonds. The fraction of sp³-hybridized carbons (Fsp3) is 0.214. The first-order valence-electron chi connectivity index (χ1n) is 5.84. The summed E-state index contributed by atoms with van der Waals surface area (Å²) in [5.74, 6) is 0.162. The van der Waals surface area contributed by atoms with E-state index < -0.39 is 0 Å². The molecular formula is C14H14N2OS. The summed E-state index contributed by atoms with van der Waals surface area (Å²) < 4.78 is 0. The first-order chi connectivity index (χ1) is 8.63. The predicted molar refractivity (Wildman–Crippen MR) is 76.0 cm³/mol. The number of ketones is 1. The van der Waals surface area contributed by atoms with E-state index in [0.717, 1.165) is 16.3 Å². The molecule has 2 aliphatic rings. The number of carbonyl (C=O) groups is 1. The molecule has 1 aliphatic carbocycles. The van der Waals surface area contributed by atoms with E-state index in [4.69, 9.17) is 0 Å². The third-order valence-corrected chi connectivity index (χ3v) is 4.22. The van der Waals surface area contributed by atoms with Crippen LogP contribution in [0.25, 0.3) is 0 Å². The van der Waals surface area contributed by atoms with Gasteiger partial charge in [0.25, 0.3) is 0 Å². The first-order valence-corrected chi connectivity index (χ1v) is 6.65. The molecule has 18 heavy (non-hydrogen) atoms. The van der Waals surface area contributed by atoms with Gasteiger partial charge in [0.2, 0.25) is 0 Å². The SMILES string of the molecule is CN(C)c1ccc2c(c1)SC1=C(CC(=O)C=C1)N2. The van der Waals surface area contributed by atoms with Crippen LogP contribution in [0, 0.1) is 0 Å². The van der Waals surface area contributed by atoms with Gasteiger partial charge in [0, 0.05) is 35.3 Å². The molecule has 1 aromatic rings. The molecule has 4 heteroatoms. The number of anilines is 2. The Bertz CT molecular complexity index is 587. The number of nitrogens with zero attached hydrogens (tertiary/aromatic N) is 1. The van der Waals surface area contributed by atoms with Gasteiger partial charge in [-0.3, -0.25) is 4.79 Å². The second-order valence-electron chi connectivity index (χ2n) is 4.62. The lowest BCUT2D eigenvalue weighted by atomic mass is 10.1. The predicted octanol–water partition coefficient (Wildman–Crippen LogP) is 3.01. The van der Waals surface area contributed by atoms with Gasteiger partial charge in [-0.15, -0.1) is 0 Å². The Morgan fingerprint density at radius 2 is 2.11 bits per heavy atom. The van der Waals surface area contributed by atoms with Crippen molar-refractivity contribution in [3.63, 3.8) is 0 Å². The summed E-state index contributed by atoms with van der Waals surface area (Å²) in [6.45, 7) is 0. The normalized spacial score (nSPS) is 17.1. The zero-order valence-electron chi connectivity index (χ0n) is 10.4. The fourth-order valence-electron chi connectivity index (χ4n) is 2.05. The van der Waals surface area contributed by atoms with Crippen molar-refractivity contribution in [2.45, 2.75) is 11.3 Å². The van der Waals surface area contributed by atoms with Crippen LogP contribution in [0.15, 0.2) is 45.8 Å². The third-order valence-electron chi connectivity index (χ3n) is 3.06. The van der Waals surface area contributed by atoms with Crippen LogP contribution in [-0.2, 0) is 4.79 Å². The lowest BCUT2D eigenvalue weighted by molar-refractivity contribution is -0.114. The Labute approximate surface area is 111 Å². The Balaban J connectivity index is 1.96. The molecule has 0 aromatic heterocycles. The summed E-state index contributed by atoms with van der Waals surface area (Å²) in [4.78, 5) is 15.8. The molecule has 0 radical (unpaired) electrons. The summed E-state index contributed by atoms with van der Waals surface area (Å²) in [6, 6.07) is 6.32. The zero-order valence-corrected chi connectivity index (χ0v) is 11.2. The summed E-state index contributed by atoms with van der Waals surface area (Å²) in [7, 11) is 4.07. The molecule has 1 N–H and O–H groups in total. The molecule has 0 bridgehead atoms. The molecular weight excluding hydrogens is 244 g/mol. The van der Waals surface area contributed by atoms with Crippen LogP contribution in [0.2, 0.25) is 0 Å². The summed E-state index contributed by atoms with van der Waals surface area (Å²) in [6.07, 6.45) is 4.05. The summed E-state index contributed by atoms with van der Waals surface area (Å²) >= 11 is 1.73. The molecule has 0 spiro atoms. The van der Waals surface area contributed by atoms with Gasteiger partial charge in [0.15, 0.2) is 5.78 Å². The van der Waals surface area contributed by atoms with E-state index in [1.54, 1.807) is 17.8 Å². The minimum atomic E-state index is 0.162. The van der Waals surface area contributed by atoms with E-state index in [9.17, 15) is 4.79 Å². The average Bonchev–Trinajstić information content (AvgIpc) is 2.35. The van der Waals surface area contributed by atoms with Crippen molar-refractivity contribution in [1.82, 2.24) is 0 Å². The van der Waals surface area contributed by atoms with E-state index >= 15 is 0 Å². The van der Waals surface area contributed by atoms with Gasteiger partial charge in [-0.1, -0.05) is 11.8 Å². The van der Waals surface area contributed by atoms with Crippen molar-refractivity contribution in [2.75, 3.05) is 24.3 Å². The number of thioether (sulfide) groups is 1. The number of rotatable bonds is 1. The highest BCUT2D eigenvalue weighted by Gasteiger charge is 2.21. The smallest absolute Gasteiger partial charge is 0.161 e. The highest BCUT2D eigenvalue weighted by Crippen LogP contribution is 2.43. The number of benzene rings is 1. The van der Waals surface area contributed by atoms with Crippen LogP contribution in [0.1, 0.15) is 6.42 Å². The van der Waals surface area contributed by atoms with Crippen LogP contribution in [0.5, 0.6) is 0 Å². The molecule has 92 valence electrons. The van der Waals surface area contributed by atoms with Crippen molar-refractivity contribution in [3.05, 3.63) is 41.0 Å². The molecule has 3 nitrogen and oxygen atoms in total. The van der Waals surface area contributed by atoms with Crippen LogP contribution in [0.3, 0.4) is 0 Å². The maximum Gasteiger partial charge on any atom is 0.161 e. The minimum Gasteiger partial charge on any atom is -0.378 e. The highest BCUT2D eigenvalue weighted by molar-refractivity contribution is 8.03. The second kappa shape index (κ2) is 4.21. The molecule has 1 heterocycles. The van der Waals surface area contributed by atoms with E-state index in [-0.39, 0.29) is 5.78 Å². The van der Waals surface area contributed by atoms with Gasteiger partial charge in [-0.2, -0.15) is 0 Å². The molecule has 0 atom stereocenters. The quantitative estimate of drug-likeness (QED) is 0.839. The molecule has 1 aromatic carbocycles. The van der Waals surface area contributed by atoms with Gasteiger partial charge < -0.3 is 10.2 Å². The van der Waals surface area contributed by atoms with Crippen LogP contribution in [-0.4, -0.2) is 19.9 Å². The van der Waals surface area contributed by atoms with Gasteiger partial charge in [0.05, 0.1) is 12.1 Å². The largest absolute Gasteiger partial charge is 0.378 e. The second-order valence-corrected chi connectivity index (χ2v) is 5.70. The van der Waals surface area contributed by atoms with Crippen LogP contribution < -0.4 is 10.2 Å². The van der Waals surface area contributed by atoms with Crippen molar-refractivity contribution in [2.24, 2.45) is 0 Å². The standard InChI is InChI=1S/C14H14N2OS/c1-16(2)9-3-5-11-14(7-9)18-13-6-4-10(17)8-12(13)15-11/h3-7,15H,8H2,1-2H3. The van der Waals surface area contributed by atoms with Crippen LogP contribution in [0.4, 0.5) is 11.4 Å². The van der Waals surface area contributed by atoms with E-state index in [1.807, 2.05) is 20.2 Å². The number of allylic oxidation sites excluding steroid dienone is 3. The topological polar surface area (TPSA) is 32.3 Å². The number of fused-ring (bicyclic) bond motifs is 1. The van der Waals surface area contributed by atoms with Gasteiger partial charge >= 0.3 is 0 Å². The fourth-order valence-corrected chi connectivity index (χ4v) is 3.08. The highest BCUT2D eigenvalue weighted by atomic mass is 32.2. The van der Waals surface area contributed by atoms with Crippen molar-refractivity contribution in [1.29, 1.82) is 0 Å². The van der Waals surface area contributed by atoms with Crippen molar-refractivity contribution >= 4 is 28.9 Å². The van der Waals surface area contributed by atoms with Crippen molar-refractivity contribution < 1.29 is 4.79 Å². The Morgan fingerprint density at radius 1 is 1.28 bits per heavy atom. The molecule has 0 fully saturated rings. The Morgan fingerprint density at radius 3 is 2.89 bits per heavy atom. The molecule has 0 unspecified atom stereocenters. The number of hydrogen-bond donors (Lipinski definition) is 1. The maximum absolute atomic E-state index is 11.4. The van der Waals surface area contributed by atoms with Gasteiger partial charge in [-0.25, -0.2) is 0 Å². The zero-order chi connectivity index (χ0) is 12.7. The monoisotopic (exact) mass is 258 g/mol.